The lowest BCUT2D eigenvalue weighted by molar-refractivity contribution is 0.101. The predicted molar refractivity (Wildman–Crippen MR) is 106 cm³/mol. The lowest BCUT2D eigenvalue weighted by Crippen LogP contribution is -2.19. The summed E-state index contributed by atoms with van der Waals surface area (Å²) in [5, 5.41) is 2.66. The standard InChI is InChI=1S/C21H11F5N2O2S/c1-30-9-6-7-11(10(8-9)21-28-12-4-2-3-5-13(12)31-21)27-20(29)14-15(22)17(24)19(26)18(25)16(14)23/h2-8H,1H3,(H,27,29). The third kappa shape index (κ3) is 3.59. The number of nitrogens with one attached hydrogen (secondary N) is 1. The van der Waals surface area contributed by atoms with E-state index in [9.17, 15) is 26.7 Å². The molecule has 1 aromatic heterocycles. The van der Waals surface area contributed by atoms with Gasteiger partial charge in [0.25, 0.3) is 5.91 Å². The molecule has 0 aliphatic carbocycles. The number of aromatic nitrogens is 1. The molecule has 0 aliphatic heterocycles. The van der Waals surface area contributed by atoms with Gasteiger partial charge in [-0.1, -0.05) is 12.1 Å². The largest absolute Gasteiger partial charge is 0.497 e. The van der Waals surface area contributed by atoms with Crippen molar-refractivity contribution in [2.75, 3.05) is 12.4 Å². The molecule has 0 spiro atoms. The average Bonchev–Trinajstić information content (AvgIpc) is 3.21. The minimum Gasteiger partial charge on any atom is -0.497 e. The van der Waals surface area contributed by atoms with Crippen LogP contribution in [0.5, 0.6) is 5.75 Å². The van der Waals surface area contributed by atoms with Crippen molar-refractivity contribution in [3.8, 4) is 16.3 Å². The van der Waals surface area contributed by atoms with Crippen molar-refractivity contribution in [2.45, 2.75) is 0 Å². The van der Waals surface area contributed by atoms with Crippen LogP contribution in [0.2, 0.25) is 0 Å². The van der Waals surface area contributed by atoms with Crippen LogP contribution in [0.15, 0.2) is 42.5 Å². The van der Waals surface area contributed by atoms with E-state index in [1.807, 2.05) is 12.1 Å². The number of nitrogens with zero attached hydrogens (tertiary/aromatic N) is 1. The molecule has 1 heterocycles. The van der Waals surface area contributed by atoms with Gasteiger partial charge in [0, 0.05) is 5.56 Å². The van der Waals surface area contributed by atoms with Gasteiger partial charge in [-0.25, -0.2) is 26.9 Å². The molecule has 31 heavy (non-hydrogen) atoms. The summed E-state index contributed by atoms with van der Waals surface area (Å²) in [4.78, 5) is 17.0. The van der Waals surface area contributed by atoms with Crippen molar-refractivity contribution >= 4 is 33.1 Å². The second kappa shape index (κ2) is 7.95. The Morgan fingerprint density at radius 1 is 0.935 bits per heavy atom. The molecule has 4 aromatic rings. The first-order valence-electron chi connectivity index (χ1n) is 8.68. The van der Waals surface area contributed by atoms with E-state index < -0.39 is 40.6 Å². The fourth-order valence-electron chi connectivity index (χ4n) is 2.91. The molecule has 0 bridgehead atoms. The molecular formula is C21H11F5N2O2S. The highest BCUT2D eigenvalue weighted by Crippen LogP contribution is 2.37. The van der Waals surface area contributed by atoms with E-state index in [0.29, 0.717) is 21.8 Å². The number of thiazole rings is 1. The number of methoxy groups -OCH3 is 1. The molecule has 0 saturated heterocycles. The number of anilines is 1. The van der Waals surface area contributed by atoms with Gasteiger partial charge in [0.1, 0.15) is 16.3 Å². The zero-order chi connectivity index (χ0) is 22.3. The van der Waals surface area contributed by atoms with Gasteiger partial charge in [0.05, 0.1) is 23.0 Å². The quantitative estimate of drug-likeness (QED) is 0.239. The van der Waals surface area contributed by atoms with Crippen molar-refractivity contribution in [1.29, 1.82) is 0 Å². The molecule has 4 rings (SSSR count). The molecular weight excluding hydrogens is 439 g/mol. The lowest BCUT2D eigenvalue weighted by Gasteiger charge is -2.13. The van der Waals surface area contributed by atoms with Gasteiger partial charge >= 0.3 is 0 Å². The SMILES string of the molecule is COc1ccc(NC(=O)c2c(F)c(F)c(F)c(F)c2F)c(-c2nc3ccccc3s2)c1. The fourth-order valence-corrected chi connectivity index (χ4v) is 3.91. The first kappa shape index (κ1) is 20.7. The molecule has 0 fully saturated rings. The number of rotatable bonds is 4. The highest BCUT2D eigenvalue weighted by atomic mass is 32.1. The maximum atomic E-state index is 14.0. The normalized spacial score (nSPS) is 11.0. The average molecular weight is 450 g/mol. The van der Waals surface area contributed by atoms with Gasteiger partial charge in [-0.15, -0.1) is 11.3 Å². The maximum Gasteiger partial charge on any atom is 0.261 e. The Morgan fingerprint density at radius 3 is 2.23 bits per heavy atom. The van der Waals surface area contributed by atoms with Crippen LogP contribution in [0.25, 0.3) is 20.8 Å². The molecule has 0 aliphatic rings. The van der Waals surface area contributed by atoms with Gasteiger partial charge < -0.3 is 10.1 Å². The first-order chi connectivity index (χ1) is 14.8. The van der Waals surface area contributed by atoms with Gasteiger partial charge in [-0.3, -0.25) is 4.79 Å². The zero-order valence-corrected chi connectivity index (χ0v) is 16.4. The smallest absolute Gasteiger partial charge is 0.261 e. The molecule has 4 nitrogen and oxygen atoms in total. The summed E-state index contributed by atoms with van der Waals surface area (Å²) in [7, 11) is 1.42. The number of amides is 1. The molecule has 10 heteroatoms. The van der Waals surface area contributed by atoms with E-state index in [1.165, 1.54) is 36.6 Å². The highest BCUT2D eigenvalue weighted by Gasteiger charge is 2.30. The Labute approximate surface area is 175 Å². The van der Waals surface area contributed by atoms with E-state index in [4.69, 9.17) is 4.74 Å². The maximum absolute atomic E-state index is 14.0. The van der Waals surface area contributed by atoms with Crippen LogP contribution in [0.1, 0.15) is 10.4 Å². The number of ether oxygens (including phenoxy) is 1. The Kier molecular flexibility index (Phi) is 5.32. The van der Waals surface area contributed by atoms with E-state index in [-0.39, 0.29) is 5.69 Å². The van der Waals surface area contributed by atoms with E-state index >= 15 is 0 Å². The molecule has 3 aromatic carbocycles. The van der Waals surface area contributed by atoms with E-state index in [2.05, 4.69) is 10.3 Å². The Balaban J connectivity index is 1.80. The van der Waals surface area contributed by atoms with Crippen LogP contribution >= 0.6 is 11.3 Å². The summed E-state index contributed by atoms with van der Waals surface area (Å²) >= 11 is 1.28. The summed E-state index contributed by atoms with van der Waals surface area (Å²) in [6.45, 7) is 0. The molecule has 1 N–H and O–H groups in total. The molecule has 0 radical (unpaired) electrons. The highest BCUT2D eigenvalue weighted by molar-refractivity contribution is 7.21. The monoisotopic (exact) mass is 450 g/mol. The summed E-state index contributed by atoms with van der Waals surface area (Å²) in [6, 6.07) is 11.6. The zero-order valence-electron chi connectivity index (χ0n) is 15.6. The van der Waals surface area contributed by atoms with Crippen molar-refractivity contribution in [3.63, 3.8) is 0 Å². The predicted octanol–water partition coefficient (Wildman–Crippen LogP) is 5.92. The summed E-state index contributed by atoms with van der Waals surface area (Å²) in [5.41, 5.74) is -0.503. The van der Waals surface area contributed by atoms with Gasteiger partial charge in [0.15, 0.2) is 23.3 Å². The summed E-state index contributed by atoms with van der Waals surface area (Å²) in [6.07, 6.45) is 0. The number of benzene rings is 3. The molecule has 0 atom stereocenters. The summed E-state index contributed by atoms with van der Waals surface area (Å²) in [5.74, 6) is -12.3. The van der Waals surface area contributed by atoms with Gasteiger partial charge in [-0.05, 0) is 30.3 Å². The van der Waals surface area contributed by atoms with Crippen LogP contribution in [0, 0.1) is 29.1 Å². The third-order valence-corrected chi connectivity index (χ3v) is 5.51. The second-order valence-corrected chi connectivity index (χ2v) is 7.33. The van der Waals surface area contributed by atoms with Gasteiger partial charge in [0.2, 0.25) is 5.82 Å². The fraction of sp³-hybridized carbons (Fsp3) is 0.0476. The Hall–Kier alpha value is -3.53. The Bertz CT molecular complexity index is 1280. The number of halogens is 5. The molecule has 0 unspecified atom stereocenters. The van der Waals surface area contributed by atoms with Crippen LogP contribution in [0.4, 0.5) is 27.6 Å². The van der Waals surface area contributed by atoms with Crippen LogP contribution < -0.4 is 10.1 Å². The molecule has 1 amide bonds. The van der Waals surface area contributed by atoms with Crippen molar-refractivity contribution in [2.24, 2.45) is 0 Å². The molecule has 158 valence electrons. The molecule has 0 saturated carbocycles. The second-order valence-electron chi connectivity index (χ2n) is 6.30. The van der Waals surface area contributed by atoms with Gasteiger partial charge in [-0.2, -0.15) is 0 Å². The van der Waals surface area contributed by atoms with Crippen molar-refractivity contribution in [3.05, 3.63) is 77.1 Å². The summed E-state index contributed by atoms with van der Waals surface area (Å²) < 4.78 is 74.3. The van der Waals surface area contributed by atoms with Crippen LogP contribution in [0.3, 0.4) is 0 Å². The van der Waals surface area contributed by atoms with E-state index in [0.717, 1.165) is 4.70 Å². The minimum absolute atomic E-state index is 0.0498. The van der Waals surface area contributed by atoms with E-state index in [1.54, 1.807) is 12.1 Å². The number of hydrogen-bond acceptors (Lipinski definition) is 4. The van der Waals surface area contributed by atoms with Crippen LogP contribution in [-0.4, -0.2) is 18.0 Å². The first-order valence-corrected chi connectivity index (χ1v) is 9.50. The van der Waals surface area contributed by atoms with Crippen LogP contribution in [-0.2, 0) is 0 Å². The Morgan fingerprint density at radius 2 is 1.58 bits per heavy atom. The van der Waals surface area contributed by atoms with Crippen molar-refractivity contribution < 1.29 is 31.5 Å². The lowest BCUT2D eigenvalue weighted by atomic mass is 10.1. The minimum atomic E-state index is -2.34. The third-order valence-electron chi connectivity index (χ3n) is 4.44. The number of carbonyl (C=O) groups is 1. The number of para-hydroxylation sites is 1. The number of carbonyl (C=O) groups excluding carboxylic acids is 1. The topological polar surface area (TPSA) is 51.2 Å². The number of hydrogen-bond donors (Lipinski definition) is 1. The number of fused-ring (bicyclic) bond motifs is 1. The van der Waals surface area contributed by atoms with Crippen molar-refractivity contribution in [1.82, 2.24) is 4.98 Å².